The molecule has 130 valence electrons. The van der Waals surface area contributed by atoms with Crippen molar-refractivity contribution in [3.8, 4) is 0 Å². The quantitative estimate of drug-likeness (QED) is 0.780. The van der Waals surface area contributed by atoms with Gasteiger partial charge >= 0.3 is 5.97 Å². The lowest BCUT2D eigenvalue weighted by Crippen LogP contribution is -2.12. The molecule has 24 heavy (non-hydrogen) atoms. The topological polar surface area (TPSA) is 104 Å². The summed E-state index contributed by atoms with van der Waals surface area (Å²) >= 11 is 1.37. The fraction of sp³-hybridized carbons (Fsp3) is 0.467. The van der Waals surface area contributed by atoms with Gasteiger partial charge in [0, 0.05) is 13.0 Å². The summed E-state index contributed by atoms with van der Waals surface area (Å²) in [6.07, 6.45) is 2.64. The molecular formula is C15H19N3O4S2. The highest BCUT2D eigenvalue weighted by molar-refractivity contribution is 8.00. The number of carbonyl (C=O) groups is 1. The highest BCUT2D eigenvalue weighted by Crippen LogP contribution is 2.32. The highest BCUT2D eigenvalue weighted by Gasteiger charge is 2.29. The summed E-state index contributed by atoms with van der Waals surface area (Å²) in [6, 6.07) is 4.68. The van der Waals surface area contributed by atoms with Crippen LogP contribution >= 0.6 is 11.8 Å². The van der Waals surface area contributed by atoms with Crippen molar-refractivity contribution >= 4 is 38.8 Å². The maximum atomic E-state index is 11.7. The third-order valence-corrected chi connectivity index (χ3v) is 6.03. The predicted octanol–water partition coefficient (Wildman–Crippen LogP) is 1.89. The van der Waals surface area contributed by atoms with Gasteiger partial charge in [0.05, 0.1) is 22.5 Å². The van der Waals surface area contributed by atoms with Crippen LogP contribution in [-0.2, 0) is 26.1 Å². The van der Waals surface area contributed by atoms with Gasteiger partial charge in [0.15, 0.2) is 5.16 Å². The molecule has 3 rings (SSSR count). The minimum atomic E-state index is -3.78. The third-order valence-electron chi connectivity index (χ3n) is 3.88. The minimum absolute atomic E-state index is 0.0342. The van der Waals surface area contributed by atoms with E-state index in [1.54, 1.807) is 6.07 Å². The third kappa shape index (κ3) is 3.42. The smallest absolute Gasteiger partial charge is 0.319 e. The van der Waals surface area contributed by atoms with Crippen molar-refractivity contribution in [3.05, 3.63) is 18.2 Å². The van der Waals surface area contributed by atoms with E-state index in [1.807, 2.05) is 4.57 Å². The van der Waals surface area contributed by atoms with Gasteiger partial charge < -0.3 is 9.30 Å². The van der Waals surface area contributed by atoms with E-state index in [2.05, 4.69) is 11.9 Å². The second kappa shape index (κ2) is 6.73. The number of nitrogens with zero attached hydrogens (tertiary/aromatic N) is 2. The summed E-state index contributed by atoms with van der Waals surface area (Å²) < 4.78 is 30.1. The summed E-state index contributed by atoms with van der Waals surface area (Å²) in [6.45, 7) is 3.28. The molecule has 1 atom stereocenters. The van der Waals surface area contributed by atoms with Crippen molar-refractivity contribution in [2.75, 3.05) is 6.61 Å². The van der Waals surface area contributed by atoms with Crippen LogP contribution in [0.5, 0.6) is 0 Å². The van der Waals surface area contributed by atoms with Gasteiger partial charge in [-0.25, -0.2) is 18.5 Å². The first kappa shape index (κ1) is 17.2. The molecule has 1 aliphatic heterocycles. The first-order chi connectivity index (χ1) is 11.4. The van der Waals surface area contributed by atoms with Gasteiger partial charge in [-0.15, -0.1) is 0 Å². The van der Waals surface area contributed by atoms with Crippen molar-refractivity contribution in [2.45, 2.75) is 48.0 Å². The lowest BCUT2D eigenvalue weighted by molar-refractivity contribution is -0.137. The number of benzene rings is 1. The number of imidazole rings is 1. The van der Waals surface area contributed by atoms with Gasteiger partial charge in [-0.1, -0.05) is 25.1 Å². The Labute approximate surface area is 144 Å². The van der Waals surface area contributed by atoms with E-state index in [-0.39, 0.29) is 16.1 Å². The molecule has 1 saturated heterocycles. The minimum Gasteiger partial charge on any atom is -0.465 e. The molecule has 7 nitrogen and oxygen atoms in total. The van der Waals surface area contributed by atoms with Crippen molar-refractivity contribution in [3.63, 3.8) is 0 Å². The second-order valence-electron chi connectivity index (χ2n) is 5.66. The van der Waals surface area contributed by atoms with Crippen LogP contribution in [0.1, 0.15) is 26.2 Å². The number of thioether (sulfide) groups is 1. The zero-order valence-corrected chi connectivity index (χ0v) is 14.9. The molecule has 1 aromatic carbocycles. The number of hydrogen-bond acceptors (Lipinski definition) is 6. The number of fused-ring (bicyclic) bond motifs is 1. The summed E-state index contributed by atoms with van der Waals surface area (Å²) in [4.78, 5) is 16.3. The normalized spacial score (nSPS) is 18.2. The lowest BCUT2D eigenvalue weighted by Gasteiger charge is -2.10. The Balaban J connectivity index is 2.03. The molecule has 0 aliphatic carbocycles. The van der Waals surface area contributed by atoms with Crippen LogP contribution in [0.3, 0.4) is 0 Å². The number of carbonyl (C=O) groups excluding carboxylic acids is 1. The Hall–Kier alpha value is -1.58. The van der Waals surface area contributed by atoms with Crippen LogP contribution in [0.15, 0.2) is 28.3 Å². The van der Waals surface area contributed by atoms with E-state index < -0.39 is 10.0 Å². The largest absolute Gasteiger partial charge is 0.465 e. The van der Waals surface area contributed by atoms with E-state index in [1.165, 1.54) is 23.9 Å². The van der Waals surface area contributed by atoms with Gasteiger partial charge in [-0.2, -0.15) is 0 Å². The number of nitrogens with two attached hydrogens (primary N) is 1. The van der Waals surface area contributed by atoms with Crippen molar-refractivity contribution < 1.29 is 17.9 Å². The summed E-state index contributed by atoms with van der Waals surface area (Å²) in [5.74, 6) is -0.223. The maximum absolute atomic E-state index is 11.7. The molecule has 0 amide bonds. The molecule has 1 fully saturated rings. The zero-order chi connectivity index (χ0) is 17.3. The van der Waals surface area contributed by atoms with Crippen LogP contribution in [-0.4, -0.2) is 35.8 Å². The van der Waals surface area contributed by atoms with Gasteiger partial charge in [0.25, 0.3) is 0 Å². The molecule has 2 N–H and O–H groups in total. The van der Waals surface area contributed by atoms with E-state index in [4.69, 9.17) is 9.88 Å². The van der Waals surface area contributed by atoms with E-state index in [9.17, 15) is 13.2 Å². The van der Waals surface area contributed by atoms with Crippen LogP contribution in [0.2, 0.25) is 0 Å². The maximum Gasteiger partial charge on any atom is 0.319 e. The van der Waals surface area contributed by atoms with Crippen LogP contribution in [0.25, 0.3) is 11.0 Å². The molecule has 0 saturated carbocycles. The number of primary sulfonamides is 1. The zero-order valence-electron chi connectivity index (χ0n) is 13.3. The number of aryl methyl sites for hydroxylation is 1. The number of ether oxygens (including phenoxy) is 1. The fourth-order valence-electron chi connectivity index (χ4n) is 2.60. The Morgan fingerprint density at radius 3 is 2.88 bits per heavy atom. The van der Waals surface area contributed by atoms with Crippen molar-refractivity contribution in [1.29, 1.82) is 0 Å². The van der Waals surface area contributed by atoms with Gasteiger partial charge in [0.1, 0.15) is 5.25 Å². The highest BCUT2D eigenvalue weighted by atomic mass is 32.2. The molecule has 0 unspecified atom stereocenters. The van der Waals surface area contributed by atoms with E-state index in [0.29, 0.717) is 23.7 Å². The van der Waals surface area contributed by atoms with Crippen LogP contribution in [0, 0.1) is 0 Å². The number of unbranched alkanes of at least 4 members (excludes halogenated alkanes) is 1. The molecule has 1 aromatic heterocycles. The van der Waals surface area contributed by atoms with E-state index >= 15 is 0 Å². The SMILES string of the molecule is CCCCn1c(S[C@H]2CCOC2=O)nc2cc(S(N)(=O)=O)ccc21. The summed E-state index contributed by atoms with van der Waals surface area (Å²) in [5.41, 5.74) is 1.40. The molecule has 0 bridgehead atoms. The summed E-state index contributed by atoms with van der Waals surface area (Å²) in [5, 5.41) is 5.63. The number of cyclic esters (lactones) is 1. The Morgan fingerprint density at radius 1 is 1.46 bits per heavy atom. The van der Waals surface area contributed by atoms with Crippen molar-refractivity contribution in [2.24, 2.45) is 5.14 Å². The Kier molecular flexibility index (Phi) is 4.84. The number of sulfonamides is 1. The molecule has 0 spiro atoms. The van der Waals surface area contributed by atoms with Crippen molar-refractivity contribution in [1.82, 2.24) is 9.55 Å². The number of rotatable bonds is 6. The standard InChI is InChI=1S/C15H19N3O4S2/c1-2-3-7-18-12-5-4-10(24(16,20)21)9-11(12)17-15(18)23-13-6-8-22-14(13)19/h4-5,9,13H,2-3,6-8H2,1H3,(H2,16,20,21)/t13-/m0/s1. The van der Waals surface area contributed by atoms with Gasteiger partial charge in [0.2, 0.25) is 10.0 Å². The fourth-order valence-corrected chi connectivity index (χ4v) is 4.23. The van der Waals surface area contributed by atoms with Crippen LogP contribution in [0.4, 0.5) is 0 Å². The van der Waals surface area contributed by atoms with Crippen LogP contribution < -0.4 is 5.14 Å². The predicted molar refractivity (Wildman–Crippen MR) is 91.2 cm³/mol. The number of hydrogen-bond donors (Lipinski definition) is 1. The number of aromatic nitrogens is 2. The van der Waals surface area contributed by atoms with Gasteiger partial charge in [-0.3, -0.25) is 4.79 Å². The molecular weight excluding hydrogens is 350 g/mol. The average molecular weight is 369 g/mol. The lowest BCUT2D eigenvalue weighted by atomic mass is 10.3. The first-order valence-electron chi connectivity index (χ1n) is 7.76. The number of esters is 1. The Morgan fingerprint density at radius 2 is 2.25 bits per heavy atom. The monoisotopic (exact) mass is 369 g/mol. The molecule has 2 heterocycles. The molecule has 0 radical (unpaired) electrons. The second-order valence-corrected chi connectivity index (χ2v) is 8.39. The molecule has 2 aromatic rings. The summed E-state index contributed by atoms with van der Waals surface area (Å²) in [7, 11) is -3.78. The molecule has 1 aliphatic rings. The molecule has 9 heteroatoms. The first-order valence-corrected chi connectivity index (χ1v) is 10.2. The Bertz CT molecular complexity index is 876. The average Bonchev–Trinajstić information content (AvgIpc) is 3.08. The van der Waals surface area contributed by atoms with Gasteiger partial charge in [-0.05, 0) is 24.6 Å². The van der Waals surface area contributed by atoms with E-state index in [0.717, 1.165) is 24.9 Å².